The van der Waals surface area contributed by atoms with E-state index in [0.29, 0.717) is 21.8 Å². The van der Waals surface area contributed by atoms with Crippen LogP contribution in [0.3, 0.4) is 0 Å². The quantitative estimate of drug-likeness (QED) is 0.693. The number of rotatable bonds is 4. The van der Waals surface area contributed by atoms with Gasteiger partial charge < -0.3 is 10.2 Å². The summed E-state index contributed by atoms with van der Waals surface area (Å²) in [7, 11) is 0. The zero-order valence-corrected chi connectivity index (χ0v) is 14.8. The van der Waals surface area contributed by atoms with E-state index in [4.69, 9.17) is 20.3 Å². The number of carboxylic acids is 2. The Bertz CT molecular complexity index is 887. The van der Waals surface area contributed by atoms with Crippen molar-refractivity contribution in [3.63, 3.8) is 0 Å². The Morgan fingerprint density at radius 2 is 1.79 bits per heavy atom. The number of hydrogen-bond acceptors (Lipinski definition) is 6. The average Bonchev–Trinajstić information content (AvgIpc) is 3.06. The summed E-state index contributed by atoms with van der Waals surface area (Å²) < 4.78 is 31.7. The molecule has 1 aliphatic carbocycles. The van der Waals surface area contributed by atoms with Crippen molar-refractivity contribution in [3.05, 3.63) is 41.1 Å². The molecule has 0 spiro atoms. The van der Waals surface area contributed by atoms with Crippen LogP contribution in [0.2, 0.25) is 0 Å². The maximum absolute atomic E-state index is 11.0. The number of alkyl halides is 3. The van der Waals surface area contributed by atoms with Crippen LogP contribution >= 0.6 is 11.8 Å². The molecule has 2 aromatic rings. The molecule has 0 amide bonds. The number of nitrogens with one attached hydrogen (secondary N) is 1. The Hall–Kier alpha value is -3.07. The minimum atomic E-state index is -5.08. The lowest BCUT2D eigenvalue weighted by atomic mass is 9.79. The van der Waals surface area contributed by atoms with Gasteiger partial charge in [-0.15, -0.1) is 5.10 Å². The van der Waals surface area contributed by atoms with Crippen LogP contribution in [-0.4, -0.2) is 49.0 Å². The van der Waals surface area contributed by atoms with Gasteiger partial charge in [0.1, 0.15) is 0 Å². The van der Waals surface area contributed by atoms with Crippen molar-refractivity contribution in [2.75, 3.05) is 0 Å². The second-order valence-electron chi connectivity index (χ2n) is 5.74. The number of aromatic amines is 1. The number of aromatic carboxylic acids is 1. The van der Waals surface area contributed by atoms with E-state index in [-0.39, 0.29) is 5.69 Å². The first-order valence-electron chi connectivity index (χ1n) is 7.73. The third kappa shape index (κ3) is 5.46. The maximum atomic E-state index is 11.0. The topological polar surface area (TPSA) is 140 Å². The second kappa shape index (κ2) is 8.75. The van der Waals surface area contributed by atoms with Gasteiger partial charge in [0.15, 0.2) is 10.7 Å². The molecule has 0 radical (unpaired) electrons. The van der Waals surface area contributed by atoms with Crippen molar-refractivity contribution < 1.29 is 33.0 Å². The Labute approximate surface area is 160 Å². The van der Waals surface area contributed by atoms with Gasteiger partial charge >= 0.3 is 18.1 Å². The van der Waals surface area contributed by atoms with Crippen LogP contribution in [0, 0.1) is 11.3 Å². The second-order valence-corrected chi connectivity index (χ2v) is 7.03. The number of thioether (sulfide) groups is 1. The van der Waals surface area contributed by atoms with Crippen LogP contribution in [0.25, 0.3) is 0 Å². The molecule has 3 rings (SSSR count). The van der Waals surface area contributed by atoms with Gasteiger partial charge in [-0.05, 0) is 36.5 Å². The zero-order chi connectivity index (χ0) is 20.9. The van der Waals surface area contributed by atoms with Crippen LogP contribution in [0.5, 0.6) is 0 Å². The number of hydrogen-bond donors (Lipinski definition) is 3. The highest BCUT2D eigenvalue weighted by atomic mass is 32.2. The Balaban J connectivity index is 0.000000345. The molecule has 1 aromatic carbocycles. The molecule has 1 saturated carbocycles. The summed E-state index contributed by atoms with van der Waals surface area (Å²) in [5.74, 6) is -3.33. The summed E-state index contributed by atoms with van der Waals surface area (Å²) in [6.07, 6.45) is -3.13. The van der Waals surface area contributed by atoms with Gasteiger partial charge in [0.2, 0.25) is 0 Å². The monoisotopic (exact) mass is 414 g/mol. The first kappa shape index (κ1) is 21.2. The lowest BCUT2D eigenvalue weighted by molar-refractivity contribution is -0.192. The molecule has 0 unspecified atom stereocenters. The molecule has 28 heavy (non-hydrogen) atoms. The van der Waals surface area contributed by atoms with E-state index in [2.05, 4.69) is 21.5 Å². The first-order valence-corrected chi connectivity index (χ1v) is 8.61. The summed E-state index contributed by atoms with van der Waals surface area (Å²) in [5.41, 5.74) is 1.95. The van der Waals surface area contributed by atoms with Crippen LogP contribution < -0.4 is 0 Å². The van der Waals surface area contributed by atoms with E-state index in [1.807, 2.05) is 24.3 Å². The van der Waals surface area contributed by atoms with Gasteiger partial charge in [-0.25, -0.2) is 9.59 Å². The molecule has 0 aliphatic heterocycles. The molecule has 0 bridgehead atoms. The molecular weight excluding hydrogens is 401 g/mol. The summed E-state index contributed by atoms with van der Waals surface area (Å²) in [6, 6.07) is 9.74. The fourth-order valence-corrected chi connectivity index (χ4v) is 3.67. The Morgan fingerprint density at radius 3 is 2.25 bits per heavy atom. The molecule has 3 N–H and O–H groups in total. The van der Waals surface area contributed by atoms with Gasteiger partial charge in [-0.3, -0.25) is 5.10 Å². The summed E-state index contributed by atoms with van der Waals surface area (Å²) in [4.78, 5) is 19.9. The lowest BCUT2D eigenvalue weighted by Gasteiger charge is -2.34. The third-order valence-electron chi connectivity index (χ3n) is 3.86. The molecule has 0 atom stereocenters. The van der Waals surface area contributed by atoms with E-state index in [0.717, 1.165) is 12.8 Å². The molecule has 1 aromatic heterocycles. The fourth-order valence-electron chi connectivity index (χ4n) is 2.36. The maximum Gasteiger partial charge on any atom is 0.490 e. The number of halogens is 3. The standard InChI is InChI=1S/C14H12N4O2S.C2HF3O2/c15-7-8-1-3-9(4-2-8)10-5-11(6-10)21-13-12(14(19)20)16-18-17-13;3-2(4,5)1(6)7/h1-4,10-11H,5-6H2,(H,19,20)(H,16,17,18);(H,6,7)/t10-,11-;. The largest absolute Gasteiger partial charge is 0.490 e. The molecule has 0 saturated heterocycles. The lowest BCUT2D eigenvalue weighted by Crippen LogP contribution is -2.24. The molecule has 148 valence electrons. The zero-order valence-electron chi connectivity index (χ0n) is 14.0. The molecule has 1 fully saturated rings. The fraction of sp³-hybridized carbons (Fsp3) is 0.312. The first-order chi connectivity index (χ1) is 13.1. The molecule has 1 heterocycles. The molecule has 12 heteroatoms. The minimum absolute atomic E-state index is 0.0572. The SMILES string of the molecule is N#Cc1ccc([C@H]2C[C@H](Sc3nn[nH]c3C(=O)O)C2)cc1.O=C(O)C(F)(F)F. The Morgan fingerprint density at radius 1 is 1.21 bits per heavy atom. The van der Waals surface area contributed by atoms with Crippen LogP contribution in [0.4, 0.5) is 13.2 Å². The third-order valence-corrected chi connectivity index (χ3v) is 5.08. The number of H-pyrrole nitrogens is 1. The molecule has 8 nitrogen and oxygen atoms in total. The number of benzene rings is 1. The van der Waals surface area contributed by atoms with Crippen molar-refractivity contribution in [2.24, 2.45) is 0 Å². The minimum Gasteiger partial charge on any atom is -0.476 e. The summed E-state index contributed by atoms with van der Waals surface area (Å²) >= 11 is 1.46. The van der Waals surface area contributed by atoms with E-state index >= 15 is 0 Å². The van der Waals surface area contributed by atoms with Gasteiger partial charge in [0.05, 0.1) is 11.6 Å². The predicted molar refractivity (Wildman–Crippen MR) is 89.8 cm³/mol. The van der Waals surface area contributed by atoms with E-state index < -0.39 is 18.1 Å². The van der Waals surface area contributed by atoms with Crippen molar-refractivity contribution in [1.82, 2.24) is 15.4 Å². The number of nitriles is 1. The smallest absolute Gasteiger partial charge is 0.476 e. The number of carbonyl (C=O) groups is 2. The predicted octanol–water partition coefficient (Wildman–Crippen LogP) is 3.05. The summed E-state index contributed by atoms with van der Waals surface area (Å²) in [5, 5.41) is 35.5. The number of aliphatic carboxylic acids is 1. The van der Waals surface area contributed by atoms with Gasteiger partial charge in [-0.2, -0.15) is 18.4 Å². The normalized spacial score (nSPS) is 18.2. The number of nitrogens with zero attached hydrogens (tertiary/aromatic N) is 3. The van der Waals surface area contributed by atoms with Crippen molar-refractivity contribution >= 4 is 23.7 Å². The van der Waals surface area contributed by atoms with E-state index in [9.17, 15) is 18.0 Å². The van der Waals surface area contributed by atoms with Crippen LogP contribution in [0.15, 0.2) is 29.3 Å². The Kier molecular flexibility index (Phi) is 6.63. The van der Waals surface area contributed by atoms with Crippen molar-refractivity contribution in [3.8, 4) is 6.07 Å². The summed E-state index contributed by atoms with van der Waals surface area (Å²) in [6.45, 7) is 0. The van der Waals surface area contributed by atoms with Crippen LogP contribution in [-0.2, 0) is 4.79 Å². The van der Waals surface area contributed by atoms with Gasteiger partial charge in [-0.1, -0.05) is 29.1 Å². The van der Waals surface area contributed by atoms with Crippen LogP contribution in [0.1, 0.15) is 40.4 Å². The highest BCUT2D eigenvalue weighted by molar-refractivity contribution is 8.00. The van der Waals surface area contributed by atoms with Gasteiger partial charge in [0, 0.05) is 5.25 Å². The van der Waals surface area contributed by atoms with Crippen molar-refractivity contribution in [1.29, 1.82) is 5.26 Å². The molecule has 1 aliphatic rings. The van der Waals surface area contributed by atoms with Gasteiger partial charge in [0.25, 0.3) is 0 Å². The van der Waals surface area contributed by atoms with Crippen molar-refractivity contribution in [2.45, 2.75) is 35.2 Å². The number of aromatic nitrogens is 3. The molecular formula is C16H13F3N4O4S. The highest BCUT2D eigenvalue weighted by Gasteiger charge is 2.38. The van der Waals surface area contributed by atoms with E-state index in [1.165, 1.54) is 17.3 Å². The van der Waals surface area contributed by atoms with E-state index in [1.54, 1.807) is 0 Å². The highest BCUT2D eigenvalue weighted by Crippen LogP contribution is 2.45. The number of carboxylic acid groups (broad SMARTS) is 2. The average molecular weight is 414 g/mol.